The number of fused-ring (bicyclic) bond motifs is 1. The van der Waals surface area contributed by atoms with E-state index in [1.165, 1.54) is 12.3 Å². The van der Waals surface area contributed by atoms with E-state index in [0.717, 1.165) is 5.56 Å². The Balaban J connectivity index is 1.50. The molecule has 0 saturated carbocycles. The molecule has 2 N–H and O–H groups in total. The Kier molecular flexibility index (Phi) is 3.70. The van der Waals surface area contributed by atoms with Crippen molar-refractivity contribution in [3.8, 4) is 23.0 Å². The molecule has 2 aromatic heterocycles. The van der Waals surface area contributed by atoms with Gasteiger partial charge in [-0.2, -0.15) is 4.98 Å². The first-order chi connectivity index (χ1) is 12.2. The number of aromatic nitrogens is 2. The quantitative estimate of drug-likeness (QED) is 0.749. The largest absolute Gasteiger partial charge is 0.463 e. The highest BCUT2D eigenvalue weighted by Crippen LogP contribution is 2.32. The van der Waals surface area contributed by atoms with Crippen molar-refractivity contribution in [2.75, 3.05) is 6.79 Å². The monoisotopic (exact) mass is 339 g/mol. The summed E-state index contributed by atoms with van der Waals surface area (Å²) in [5.74, 6) is 1.30. The van der Waals surface area contributed by atoms with Crippen LogP contribution < -0.4 is 20.5 Å². The van der Waals surface area contributed by atoms with Crippen LogP contribution in [0.15, 0.2) is 51.9 Å². The number of hydrogen-bond donors (Lipinski definition) is 2. The third-order valence-electron chi connectivity index (χ3n) is 3.65. The Hall–Kier alpha value is -3.55. The second-order valence-corrected chi connectivity index (χ2v) is 5.33. The van der Waals surface area contributed by atoms with Crippen molar-refractivity contribution in [2.24, 2.45) is 0 Å². The van der Waals surface area contributed by atoms with Crippen molar-refractivity contribution < 1.29 is 18.7 Å². The highest BCUT2D eigenvalue weighted by molar-refractivity contribution is 5.92. The minimum Gasteiger partial charge on any atom is -0.463 e. The fourth-order valence-electron chi connectivity index (χ4n) is 2.46. The first-order valence-electron chi connectivity index (χ1n) is 7.51. The number of carbonyl (C=O) groups is 1. The summed E-state index contributed by atoms with van der Waals surface area (Å²) in [4.78, 5) is 30.2. The van der Waals surface area contributed by atoms with Gasteiger partial charge in [0, 0.05) is 6.54 Å². The van der Waals surface area contributed by atoms with Crippen LogP contribution in [0.4, 0.5) is 0 Å². The zero-order chi connectivity index (χ0) is 17.2. The Morgan fingerprint density at radius 1 is 1.20 bits per heavy atom. The van der Waals surface area contributed by atoms with Crippen molar-refractivity contribution >= 4 is 5.91 Å². The Morgan fingerprint density at radius 2 is 2.08 bits per heavy atom. The summed E-state index contributed by atoms with van der Waals surface area (Å²) in [7, 11) is 0. The summed E-state index contributed by atoms with van der Waals surface area (Å²) in [6.45, 7) is 0.456. The molecule has 126 valence electrons. The van der Waals surface area contributed by atoms with Crippen molar-refractivity contribution in [3.05, 3.63) is 64.4 Å². The maximum absolute atomic E-state index is 12.3. The fourth-order valence-corrected chi connectivity index (χ4v) is 2.46. The molecule has 3 aromatic rings. The van der Waals surface area contributed by atoms with E-state index in [1.54, 1.807) is 24.3 Å². The van der Waals surface area contributed by atoms with Gasteiger partial charge in [-0.15, -0.1) is 0 Å². The number of aromatic amines is 1. The predicted octanol–water partition coefficient (Wildman–Crippen LogP) is 1.69. The molecule has 1 aliphatic heterocycles. The van der Waals surface area contributed by atoms with E-state index >= 15 is 0 Å². The highest BCUT2D eigenvalue weighted by atomic mass is 16.7. The molecule has 8 heteroatoms. The normalized spacial score (nSPS) is 12.2. The molecule has 4 rings (SSSR count). The summed E-state index contributed by atoms with van der Waals surface area (Å²) in [5, 5.41) is 2.72. The van der Waals surface area contributed by atoms with E-state index < -0.39 is 11.6 Å². The molecule has 3 heterocycles. The SMILES string of the molecule is O=C(NCc1ccc2c(c1)OCO2)c1cc(-c2ccco2)[nH]c(=O)n1. The number of nitrogens with zero attached hydrogens (tertiary/aromatic N) is 1. The molecule has 1 aromatic carbocycles. The van der Waals surface area contributed by atoms with Gasteiger partial charge in [0.1, 0.15) is 11.5 Å². The van der Waals surface area contributed by atoms with Crippen LogP contribution in [0.3, 0.4) is 0 Å². The van der Waals surface area contributed by atoms with Gasteiger partial charge in [-0.25, -0.2) is 4.79 Å². The van der Waals surface area contributed by atoms with Crippen LogP contribution in [0.1, 0.15) is 16.1 Å². The van der Waals surface area contributed by atoms with E-state index in [0.29, 0.717) is 23.0 Å². The number of ether oxygens (including phenoxy) is 2. The first-order valence-corrected chi connectivity index (χ1v) is 7.51. The average molecular weight is 339 g/mol. The average Bonchev–Trinajstić information content (AvgIpc) is 3.30. The van der Waals surface area contributed by atoms with E-state index in [1.807, 2.05) is 6.07 Å². The molecule has 0 radical (unpaired) electrons. The Labute approximate surface area is 141 Å². The summed E-state index contributed by atoms with van der Waals surface area (Å²) in [6.07, 6.45) is 1.48. The smallest absolute Gasteiger partial charge is 0.346 e. The minimum absolute atomic E-state index is 0.0101. The molecule has 0 spiro atoms. The van der Waals surface area contributed by atoms with Gasteiger partial charge in [-0.3, -0.25) is 4.79 Å². The molecule has 8 nitrogen and oxygen atoms in total. The van der Waals surface area contributed by atoms with Gasteiger partial charge in [0.2, 0.25) is 6.79 Å². The van der Waals surface area contributed by atoms with Crippen LogP contribution in [0, 0.1) is 0 Å². The number of furan rings is 1. The van der Waals surface area contributed by atoms with Gasteiger partial charge in [-0.05, 0) is 35.9 Å². The first kappa shape index (κ1) is 15.0. The van der Waals surface area contributed by atoms with Crippen LogP contribution in [0.5, 0.6) is 11.5 Å². The van der Waals surface area contributed by atoms with Crippen LogP contribution in [-0.2, 0) is 6.54 Å². The van der Waals surface area contributed by atoms with Gasteiger partial charge in [0.05, 0.1) is 12.0 Å². The van der Waals surface area contributed by atoms with Crippen LogP contribution in [0.2, 0.25) is 0 Å². The maximum atomic E-state index is 12.3. The summed E-state index contributed by atoms with van der Waals surface area (Å²) >= 11 is 0. The maximum Gasteiger partial charge on any atom is 0.346 e. The molecular formula is C17H13N3O5. The van der Waals surface area contributed by atoms with Crippen molar-refractivity contribution in [1.29, 1.82) is 0 Å². The van der Waals surface area contributed by atoms with Gasteiger partial charge in [0.25, 0.3) is 5.91 Å². The number of hydrogen-bond acceptors (Lipinski definition) is 6. The van der Waals surface area contributed by atoms with Crippen molar-refractivity contribution in [2.45, 2.75) is 6.54 Å². The van der Waals surface area contributed by atoms with E-state index in [-0.39, 0.29) is 19.0 Å². The van der Waals surface area contributed by atoms with Gasteiger partial charge in [0.15, 0.2) is 11.5 Å². The molecule has 1 amide bonds. The lowest BCUT2D eigenvalue weighted by molar-refractivity contribution is 0.0945. The number of benzene rings is 1. The lowest BCUT2D eigenvalue weighted by Crippen LogP contribution is -2.27. The van der Waals surface area contributed by atoms with Crippen LogP contribution in [0.25, 0.3) is 11.5 Å². The topological polar surface area (TPSA) is 106 Å². The fraction of sp³-hybridized carbons (Fsp3) is 0.118. The Bertz CT molecular complexity index is 978. The molecular weight excluding hydrogens is 326 g/mol. The summed E-state index contributed by atoms with van der Waals surface area (Å²) in [5.41, 5.74) is 0.616. The number of H-pyrrole nitrogens is 1. The van der Waals surface area contributed by atoms with E-state index in [2.05, 4.69) is 15.3 Å². The summed E-state index contributed by atoms with van der Waals surface area (Å²) < 4.78 is 15.8. The molecule has 1 aliphatic rings. The molecule has 25 heavy (non-hydrogen) atoms. The molecule has 0 unspecified atom stereocenters. The third-order valence-corrected chi connectivity index (χ3v) is 3.65. The van der Waals surface area contributed by atoms with Gasteiger partial charge >= 0.3 is 5.69 Å². The second kappa shape index (κ2) is 6.16. The van der Waals surface area contributed by atoms with Crippen LogP contribution in [-0.4, -0.2) is 22.7 Å². The summed E-state index contributed by atoms with van der Waals surface area (Å²) in [6, 6.07) is 10.2. The lowest BCUT2D eigenvalue weighted by Gasteiger charge is -2.06. The van der Waals surface area contributed by atoms with Gasteiger partial charge in [-0.1, -0.05) is 6.07 Å². The molecule has 0 fully saturated rings. The van der Waals surface area contributed by atoms with Crippen LogP contribution >= 0.6 is 0 Å². The number of carbonyl (C=O) groups excluding carboxylic acids is 1. The van der Waals surface area contributed by atoms with E-state index in [9.17, 15) is 9.59 Å². The second-order valence-electron chi connectivity index (χ2n) is 5.33. The van der Waals surface area contributed by atoms with Gasteiger partial charge < -0.3 is 24.2 Å². The predicted molar refractivity (Wildman–Crippen MR) is 86.3 cm³/mol. The molecule has 0 bridgehead atoms. The molecule has 0 saturated heterocycles. The third kappa shape index (κ3) is 3.09. The number of rotatable bonds is 4. The number of amides is 1. The molecule has 0 aliphatic carbocycles. The minimum atomic E-state index is -0.623. The highest BCUT2D eigenvalue weighted by Gasteiger charge is 2.15. The van der Waals surface area contributed by atoms with E-state index in [4.69, 9.17) is 13.9 Å². The number of nitrogens with one attached hydrogen (secondary N) is 2. The zero-order valence-corrected chi connectivity index (χ0v) is 12.9. The van der Waals surface area contributed by atoms with Crippen molar-refractivity contribution in [1.82, 2.24) is 15.3 Å². The molecule has 0 atom stereocenters. The Morgan fingerprint density at radius 3 is 2.92 bits per heavy atom. The zero-order valence-electron chi connectivity index (χ0n) is 12.9. The standard InChI is InChI=1S/C17H13N3O5/c21-16(18-8-10-3-4-14-15(6-10)25-9-24-14)12-7-11(19-17(22)20-12)13-2-1-5-23-13/h1-7H,8-9H2,(H,18,21)(H,19,20,22). The van der Waals surface area contributed by atoms with Crippen molar-refractivity contribution in [3.63, 3.8) is 0 Å². The lowest BCUT2D eigenvalue weighted by atomic mass is 10.2.